The molecule has 26 heavy (non-hydrogen) atoms. The first-order valence-corrected chi connectivity index (χ1v) is 9.53. The molecule has 0 atom stereocenters. The second kappa shape index (κ2) is 8.23. The van der Waals surface area contributed by atoms with Crippen molar-refractivity contribution in [2.75, 3.05) is 31.5 Å². The molecule has 1 fully saturated rings. The number of hydrogen-bond donors (Lipinski definition) is 1. The van der Waals surface area contributed by atoms with Crippen molar-refractivity contribution in [1.82, 2.24) is 19.9 Å². The van der Waals surface area contributed by atoms with Gasteiger partial charge in [0, 0.05) is 36.4 Å². The Morgan fingerprint density at radius 3 is 2.46 bits per heavy atom. The third kappa shape index (κ3) is 3.99. The largest absolute Gasteiger partial charge is 0.368 e. The lowest BCUT2D eigenvalue weighted by Gasteiger charge is -2.20. The summed E-state index contributed by atoms with van der Waals surface area (Å²) in [5, 5.41) is 4.63. The molecule has 0 unspecified atom stereocenters. The highest BCUT2D eigenvalue weighted by Crippen LogP contribution is 2.24. The second-order valence-corrected chi connectivity index (χ2v) is 6.83. The van der Waals surface area contributed by atoms with E-state index in [1.54, 1.807) is 12.4 Å². The fourth-order valence-electron chi connectivity index (χ4n) is 3.53. The van der Waals surface area contributed by atoms with Gasteiger partial charge in [-0.1, -0.05) is 25.0 Å². The van der Waals surface area contributed by atoms with E-state index in [1.165, 1.54) is 38.8 Å². The quantitative estimate of drug-likeness (QED) is 0.756. The minimum Gasteiger partial charge on any atom is -0.368 e. The van der Waals surface area contributed by atoms with Crippen LogP contribution in [0.15, 0.2) is 48.8 Å². The van der Waals surface area contributed by atoms with E-state index in [1.807, 2.05) is 30.3 Å². The van der Waals surface area contributed by atoms with Crippen LogP contribution in [-0.2, 0) is 0 Å². The average Bonchev–Trinajstić information content (AvgIpc) is 2.97. The Morgan fingerprint density at radius 1 is 0.885 bits per heavy atom. The highest BCUT2D eigenvalue weighted by atomic mass is 15.1. The molecule has 0 radical (unpaired) electrons. The van der Waals surface area contributed by atoms with Crippen molar-refractivity contribution in [2.24, 2.45) is 0 Å². The molecule has 0 bridgehead atoms. The molecule has 3 aromatic rings. The van der Waals surface area contributed by atoms with Crippen molar-refractivity contribution in [2.45, 2.75) is 25.7 Å². The number of rotatable bonds is 5. The molecule has 1 aliphatic heterocycles. The second-order valence-electron chi connectivity index (χ2n) is 6.83. The van der Waals surface area contributed by atoms with Crippen molar-refractivity contribution in [3.63, 3.8) is 0 Å². The van der Waals surface area contributed by atoms with Gasteiger partial charge in [0.25, 0.3) is 0 Å². The van der Waals surface area contributed by atoms with Crippen LogP contribution < -0.4 is 5.32 Å². The maximum absolute atomic E-state index is 4.80. The predicted molar refractivity (Wildman–Crippen MR) is 106 cm³/mol. The molecule has 3 heterocycles. The van der Waals surface area contributed by atoms with Crippen LogP contribution in [0.5, 0.6) is 0 Å². The number of benzene rings is 1. The third-order valence-corrected chi connectivity index (χ3v) is 4.96. The van der Waals surface area contributed by atoms with Crippen molar-refractivity contribution in [3.05, 3.63) is 48.8 Å². The van der Waals surface area contributed by atoms with Gasteiger partial charge in [-0.05, 0) is 50.2 Å². The summed E-state index contributed by atoms with van der Waals surface area (Å²) in [6.07, 6.45) is 8.94. The van der Waals surface area contributed by atoms with Crippen LogP contribution >= 0.6 is 0 Å². The fourth-order valence-corrected chi connectivity index (χ4v) is 3.53. The molecule has 5 heteroatoms. The molecule has 2 aromatic heterocycles. The molecule has 0 aliphatic carbocycles. The van der Waals surface area contributed by atoms with Crippen molar-refractivity contribution in [1.29, 1.82) is 0 Å². The van der Waals surface area contributed by atoms with Crippen LogP contribution in [0.2, 0.25) is 0 Å². The molecular weight excluding hydrogens is 322 g/mol. The Labute approximate surface area is 154 Å². The van der Waals surface area contributed by atoms with Crippen LogP contribution in [0.3, 0.4) is 0 Å². The molecule has 4 rings (SSSR count). The van der Waals surface area contributed by atoms with Crippen LogP contribution in [0.4, 0.5) is 5.82 Å². The van der Waals surface area contributed by atoms with Crippen LogP contribution in [0.1, 0.15) is 25.7 Å². The standard InChI is InChI=1S/C21H25N5/c1-2-6-15-26(14-5-1)16-13-23-21-18-7-3-4-8-19(18)24-20(25-21)17-9-11-22-12-10-17/h3-4,7-12H,1-2,5-6,13-16H2,(H,23,24,25). The third-order valence-electron chi connectivity index (χ3n) is 4.96. The Hall–Kier alpha value is -2.53. The first kappa shape index (κ1) is 16.9. The molecule has 134 valence electrons. The molecule has 1 N–H and O–H groups in total. The summed E-state index contributed by atoms with van der Waals surface area (Å²) in [5.41, 5.74) is 1.95. The van der Waals surface area contributed by atoms with Crippen LogP contribution in [-0.4, -0.2) is 46.0 Å². The zero-order chi connectivity index (χ0) is 17.6. The monoisotopic (exact) mass is 347 g/mol. The molecule has 1 aromatic carbocycles. The SMILES string of the molecule is c1ccc2c(NCCN3CCCCCC3)nc(-c3ccncc3)nc2c1. The van der Waals surface area contributed by atoms with Gasteiger partial charge in [-0.25, -0.2) is 9.97 Å². The summed E-state index contributed by atoms with van der Waals surface area (Å²) in [6.45, 7) is 4.39. The van der Waals surface area contributed by atoms with Crippen molar-refractivity contribution < 1.29 is 0 Å². The highest BCUT2D eigenvalue weighted by molar-refractivity contribution is 5.90. The van der Waals surface area contributed by atoms with Gasteiger partial charge in [0.2, 0.25) is 0 Å². The first-order valence-electron chi connectivity index (χ1n) is 9.53. The predicted octanol–water partition coefficient (Wildman–Crippen LogP) is 3.98. The van der Waals surface area contributed by atoms with Gasteiger partial charge in [-0.2, -0.15) is 0 Å². The summed E-state index contributed by atoms with van der Waals surface area (Å²) in [7, 11) is 0. The highest BCUT2D eigenvalue weighted by Gasteiger charge is 2.11. The van der Waals surface area contributed by atoms with Gasteiger partial charge in [0.15, 0.2) is 5.82 Å². The zero-order valence-electron chi connectivity index (χ0n) is 15.1. The number of fused-ring (bicyclic) bond motifs is 1. The van der Waals surface area contributed by atoms with Gasteiger partial charge in [0.05, 0.1) is 5.52 Å². The Morgan fingerprint density at radius 2 is 1.65 bits per heavy atom. The Bertz CT molecular complexity index is 841. The van der Waals surface area contributed by atoms with E-state index >= 15 is 0 Å². The topological polar surface area (TPSA) is 53.9 Å². The van der Waals surface area contributed by atoms with E-state index in [9.17, 15) is 0 Å². The maximum atomic E-state index is 4.80. The van der Waals surface area contributed by atoms with Gasteiger partial charge >= 0.3 is 0 Å². The van der Waals surface area contributed by atoms with E-state index in [-0.39, 0.29) is 0 Å². The zero-order valence-corrected chi connectivity index (χ0v) is 15.1. The number of para-hydroxylation sites is 1. The van der Waals surface area contributed by atoms with E-state index in [0.717, 1.165) is 41.2 Å². The lowest BCUT2D eigenvalue weighted by atomic mass is 10.2. The normalized spacial score (nSPS) is 15.7. The Balaban J connectivity index is 1.55. The maximum Gasteiger partial charge on any atom is 0.162 e. The molecule has 0 saturated carbocycles. The molecule has 0 amide bonds. The minimum absolute atomic E-state index is 0.739. The lowest BCUT2D eigenvalue weighted by Crippen LogP contribution is -2.30. The molecule has 1 saturated heterocycles. The number of hydrogen-bond acceptors (Lipinski definition) is 5. The number of aromatic nitrogens is 3. The summed E-state index contributed by atoms with van der Waals surface area (Å²) in [6, 6.07) is 12.1. The first-order chi connectivity index (χ1) is 12.9. The number of nitrogens with zero attached hydrogens (tertiary/aromatic N) is 4. The summed E-state index contributed by atoms with van der Waals surface area (Å²) < 4.78 is 0. The smallest absolute Gasteiger partial charge is 0.162 e. The van der Waals surface area contributed by atoms with Crippen molar-refractivity contribution in [3.8, 4) is 11.4 Å². The Kier molecular flexibility index (Phi) is 5.36. The molecule has 5 nitrogen and oxygen atoms in total. The van der Waals surface area contributed by atoms with Gasteiger partial charge in [0.1, 0.15) is 5.82 Å². The number of pyridine rings is 1. The summed E-state index contributed by atoms with van der Waals surface area (Å²) in [5.74, 6) is 1.65. The summed E-state index contributed by atoms with van der Waals surface area (Å²) >= 11 is 0. The van der Waals surface area contributed by atoms with Crippen LogP contribution in [0, 0.1) is 0 Å². The summed E-state index contributed by atoms with van der Waals surface area (Å²) in [4.78, 5) is 16.2. The van der Waals surface area contributed by atoms with Gasteiger partial charge in [-0.3, -0.25) is 4.98 Å². The van der Waals surface area contributed by atoms with E-state index in [2.05, 4.69) is 21.3 Å². The van der Waals surface area contributed by atoms with E-state index < -0.39 is 0 Å². The molecule has 0 spiro atoms. The van der Waals surface area contributed by atoms with Gasteiger partial charge in [-0.15, -0.1) is 0 Å². The number of likely N-dealkylation sites (tertiary alicyclic amines) is 1. The number of nitrogens with one attached hydrogen (secondary N) is 1. The number of anilines is 1. The molecular formula is C21H25N5. The molecule has 1 aliphatic rings. The fraction of sp³-hybridized carbons (Fsp3) is 0.381. The lowest BCUT2D eigenvalue weighted by molar-refractivity contribution is 0.296. The van der Waals surface area contributed by atoms with E-state index in [0.29, 0.717) is 0 Å². The van der Waals surface area contributed by atoms with Crippen LogP contribution in [0.25, 0.3) is 22.3 Å². The van der Waals surface area contributed by atoms with Gasteiger partial charge < -0.3 is 10.2 Å². The van der Waals surface area contributed by atoms with Crippen molar-refractivity contribution >= 4 is 16.7 Å². The average molecular weight is 347 g/mol. The van der Waals surface area contributed by atoms with E-state index in [4.69, 9.17) is 9.97 Å². The minimum atomic E-state index is 0.739.